The molecule has 7 heteroatoms. The molecule has 0 radical (unpaired) electrons. The molecule has 0 bridgehead atoms. The molecule has 6 nitrogen and oxygen atoms in total. The number of carbonyl (C=O) groups is 3. The van der Waals surface area contributed by atoms with Gasteiger partial charge in [-0.1, -0.05) is 6.07 Å². The van der Waals surface area contributed by atoms with E-state index in [2.05, 4.69) is 15.5 Å². The maximum atomic E-state index is 14.6. The fourth-order valence-corrected chi connectivity index (χ4v) is 3.76. The first-order chi connectivity index (χ1) is 12.9. The minimum absolute atomic E-state index is 0.170. The molecule has 1 atom stereocenters. The van der Waals surface area contributed by atoms with Crippen molar-refractivity contribution in [1.29, 1.82) is 0 Å². The van der Waals surface area contributed by atoms with Gasteiger partial charge in [-0.05, 0) is 62.9 Å². The number of halogens is 1. The minimum Gasteiger partial charge on any atom is -0.374 e. The lowest BCUT2D eigenvalue weighted by molar-refractivity contribution is -0.133. The van der Waals surface area contributed by atoms with Crippen LogP contribution in [0.25, 0.3) is 0 Å². The van der Waals surface area contributed by atoms with E-state index < -0.39 is 6.04 Å². The summed E-state index contributed by atoms with van der Waals surface area (Å²) in [5, 5.41) is 5.30. The third kappa shape index (κ3) is 5.13. The molecular weight excluding hydrogens is 349 g/mol. The largest absolute Gasteiger partial charge is 0.374 e. The van der Waals surface area contributed by atoms with Gasteiger partial charge in [-0.15, -0.1) is 0 Å². The molecular formula is C20H26FN3O3. The first-order valence-corrected chi connectivity index (χ1v) is 9.54. The van der Waals surface area contributed by atoms with Crippen LogP contribution < -0.4 is 10.6 Å². The quantitative estimate of drug-likeness (QED) is 0.746. The molecule has 2 heterocycles. The van der Waals surface area contributed by atoms with E-state index in [0.29, 0.717) is 24.1 Å². The van der Waals surface area contributed by atoms with E-state index >= 15 is 0 Å². The molecule has 1 aromatic carbocycles. The number of nitrogens with one attached hydrogen (secondary N) is 2. The van der Waals surface area contributed by atoms with Crippen LogP contribution in [0.5, 0.6) is 0 Å². The number of benzene rings is 1. The molecule has 1 aromatic rings. The number of hydrogen-bond acceptors (Lipinski definition) is 5. The van der Waals surface area contributed by atoms with Gasteiger partial charge in [0.1, 0.15) is 17.6 Å². The van der Waals surface area contributed by atoms with E-state index in [9.17, 15) is 18.8 Å². The van der Waals surface area contributed by atoms with Crippen LogP contribution in [0.3, 0.4) is 0 Å². The van der Waals surface area contributed by atoms with Crippen LogP contribution in [0.4, 0.5) is 10.1 Å². The second-order valence-corrected chi connectivity index (χ2v) is 7.45. The number of hydrogen-bond donors (Lipinski definition) is 2. The number of rotatable bonds is 6. The summed E-state index contributed by atoms with van der Waals surface area (Å²) in [6.45, 7) is 4.12. The Hall–Kier alpha value is -2.28. The molecule has 2 N–H and O–H groups in total. The maximum Gasteiger partial charge on any atom is 0.249 e. The third-order valence-electron chi connectivity index (χ3n) is 5.39. The minimum atomic E-state index is -0.516. The van der Waals surface area contributed by atoms with Crippen molar-refractivity contribution >= 4 is 23.3 Å². The van der Waals surface area contributed by atoms with Gasteiger partial charge in [0.25, 0.3) is 0 Å². The lowest BCUT2D eigenvalue weighted by Crippen LogP contribution is -2.47. The number of nitrogens with zero attached hydrogens (tertiary/aromatic N) is 1. The highest BCUT2D eigenvalue weighted by molar-refractivity contribution is 6.01. The molecule has 2 amide bonds. The molecule has 0 aromatic heterocycles. The third-order valence-corrected chi connectivity index (χ3v) is 5.39. The van der Waals surface area contributed by atoms with Crippen molar-refractivity contribution < 1.29 is 18.8 Å². The molecule has 0 aliphatic carbocycles. The normalized spacial score (nSPS) is 21.8. The zero-order valence-electron chi connectivity index (χ0n) is 15.6. The zero-order valence-corrected chi connectivity index (χ0v) is 15.6. The van der Waals surface area contributed by atoms with Crippen LogP contribution in [0.15, 0.2) is 18.2 Å². The second-order valence-electron chi connectivity index (χ2n) is 7.45. The first kappa shape index (κ1) is 19.5. The summed E-state index contributed by atoms with van der Waals surface area (Å²) < 4.78 is 14.6. The van der Waals surface area contributed by atoms with Gasteiger partial charge >= 0.3 is 0 Å². The Morgan fingerprint density at radius 1 is 1.26 bits per heavy atom. The summed E-state index contributed by atoms with van der Waals surface area (Å²) in [6, 6.07) is 4.50. The van der Waals surface area contributed by atoms with Gasteiger partial charge in [-0.2, -0.15) is 0 Å². The summed E-state index contributed by atoms with van der Waals surface area (Å²) in [6.07, 6.45) is 3.00. The summed E-state index contributed by atoms with van der Waals surface area (Å²) in [7, 11) is 0. The second kappa shape index (κ2) is 8.61. The molecule has 0 saturated carbocycles. The fraction of sp³-hybridized carbons (Fsp3) is 0.550. The number of likely N-dealkylation sites (tertiary alicyclic amines) is 1. The number of Topliss-reactive ketones (excluding diaryl/α,β-unsaturated/α-hetero) is 1. The first-order valence-electron chi connectivity index (χ1n) is 9.54. The van der Waals surface area contributed by atoms with Crippen molar-refractivity contribution in [2.75, 3.05) is 25.0 Å². The number of anilines is 1. The predicted molar refractivity (Wildman–Crippen MR) is 99.9 cm³/mol. The van der Waals surface area contributed by atoms with Crippen LogP contribution in [0.1, 0.15) is 50.5 Å². The van der Waals surface area contributed by atoms with E-state index in [-0.39, 0.29) is 35.8 Å². The van der Waals surface area contributed by atoms with Crippen molar-refractivity contribution in [2.24, 2.45) is 0 Å². The average molecular weight is 375 g/mol. The van der Waals surface area contributed by atoms with Gasteiger partial charge in [0.05, 0.1) is 0 Å². The van der Waals surface area contributed by atoms with Gasteiger partial charge in [0.2, 0.25) is 11.8 Å². The summed E-state index contributed by atoms with van der Waals surface area (Å²) in [5.41, 5.74) is 1.25. The Bertz CT molecular complexity index is 729. The van der Waals surface area contributed by atoms with E-state index in [1.165, 1.54) is 6.07 Å². The highest BCUT2D eigenvalue weighted by Crippen LogP contribution is 2.31. The van der Waals surface area contributed by atoms with Gasteiger partial charge in [-0.3, -0.25) is 19.7 Å². The lowest BCUT2D eigenvalue weighted by atomic mass is 9.88. The molecule has 2 aliphatic rings. The lowest BCUT2D eigenvalue weighted by Gasteiger charge is -2.32. The summed E-state index contributed by atoms with van der Waals surface area (Å²) in [5.74, 6) is -0.539. The number of imide groups is 1. The fourth-order valence-electron chi connectivity index (χ4n) is 3.76. The van der Waals surface area contributed by atoms with Crippen LogP contribution in [-0.2, 0) is 14.4 Å². The van der Waals surface area contributed by atoms with E-state index in [0.717, 1.165) is 32.5 Å². The van der Waals surface area contributed by atoms with Crippen molar-refractivity contribution in [3.8, 4) is 0 Å². The Kier molecular flexibility index (Phi) is 6.21. The zero-order chi connectivity index (χ0) is 19.4. The molecule has 2 fully saturated rings. The summed E-state index contributed by atoms with van der Waals surface area (Å²) >= 11 is 0. The highest BCUT2D eigenvalue weighted by Gasteiger charge is 2.27. The Balaban J connectivity index is 1.56. The number of amides is 2. The number of carbonyl (C=O) groups excluding carboxylic acids is 3. The van der Waals surface area contributed by atoms with Crippen LogP contribution in [0, 0.1) is 5.82 Å². The van der Waals surface area contributed by atoms with Gasteiger partial charge in [0.15, 0.2) is 0 Å². The Morgan fingerprint density at radius 2 is 2.00 bits per heavy atom. The maximum absolute atomic E-state index is 14.6. The van der Waals surface area contributed by atoms with E-state index in [1.807, 2.05) is 0 Å². The molecule has 0 spiro atoms. The highest BCUT2D eigenvalue weighted by atomic mass is 19.1. The molecule has 146 valence electrons. The Morgan fingerprint density at radius 3 is 2.63 bits per heavy atom. The van der Waals surface area contributed by atoms with Gasteiger partial charge < -0.3 is 10.2 Å². The predicted octanol–water partition coefficient (Wildman–Crippen LogP) is 2.20. The van der Waals surface area contributed by atoms with Crippen LogP contribution >= 0.6 is 0 Å². The SMILES string of the molecule is CC(=O)CCN1CCC(c2ccc(NC3CCC(=O)NC3=O)cc2F)CC1. The van der Waals surface area contributed by atoms with Crippen molar-refractivity contribution in [3.63, 3.8) is 0 Å². The molecule has 2 saturated heterocycles. The molecule has 2 aliphatic heterocycles. The topological polar surface area (TPSA) is 78.5 Å². The number of piperidine rings is 2. The average Bonchev–Trinajstić information content (AvgIpc) is 2.63. The van der Waals surface area contributed by atoms with Crippen molar-refractivity contribution in [3.05, 3.63) is 29.6 Å². The Labute approximate surface area is 158 Å². The van der Waals surface area contributed by atoms with Crippen molar-refractivity contribution in [1.82, 2.24) is 10.2 Å². The van der Waals surface area contributed by atoms with E-state index in [1.54, 1.807) is 19.1 Å². The van der Waals surface area contributed by atoms with E-state index in [4.69, 9.17) is 0 Å². The van der Waals surface area contributed by atoms with Crippen molar-refractivity contribution in [2.45, 2.75) is 51.0 Å². The van der Waals surface area contributed by atoms with Crippen LogP contribution in [0.2, 0.25) is 0 Å². The molecule has 27 heavy (non-hydrogen) atoms. The number of ketones is 1. The smallest absolute Gasteiger partial charge is 0.249 e. The van der Waals surface area contributed by atoms with Gasteiger partial charge in [-0.25, -0.2) is 4.39 Å². The van der Waals surface area contributed by atoms with Crippen LogP contribution in [-0.4, -0.2) is 48.2 Å². The van der Waals surface area contributed by atoms with Gasteiger partial charge in [0, 0.05) is 25.1 Å². The standard InChI is InChI=1S/C20H26FN3O3/c1-13(25)6-9-24-10-7-14(8-11-24)16-3-2-15(12-17(16)21)22-18-4-5-19(26)23-20(18)27/h2-3,12,14,18,22H,4-11H2,1H3,(H,23,26,27). The summed E-state index contributed by atoms with van der Waals surface area (Å²) in [4.78, 5) is 36.4. The molecule has 3 rings (SSSR count). The monoisotopic (exact) mass is 375 g/mol. The molecule has 1 unspecified atom stereocenters.